The van der Waals surface area contributed by atoms with E-state index in [1.165, 1.54) is 0 Å². The van der Waals surface area contributed by atoms with Gasteiger partial charge in [0.15, 0.2) is 5.96 Å². The molecule has 0 aliphatic heterocycles. The summed E-state index contributed by atoms with van der Waals surface area (Å²) in [5.41, 5.74) is 12.6. The molecule has 0 saturated heterocycles. The van der Waals surface area contributed by atoms with Gasteiger partial charge in [-0.05, 0) is 48.2 Å². The van der Waals surface area contributed by atoms with Gasteiger partial charge in [-0.3, -0.25) is 9.79 Å². The highest BCUT2D eigenvalue weighted by Gasteiger charge is 2.20. The third kappa shape index (κ3) is 6.31. The van der Waals surface area contributed by atoms with Crippen LogP contribution in [0.5, 0.6) is 0 Å². The summed E-state index contributed by atoms with van der Waals surface area (Å²) in [4.78, 5) is 27.5. The van der Waals surface area contributed by atoms with E-state index in [1.807, 2.05) is 18.2 Å². The lowest BCUT2D eigenvalue weighted by Crippen LogP contribution is -2.40. The molecule has 0 radical (unpaired) electrons. The monoisotopic (exact) mass is 388 g/mol. The molecule has 0 unspecified atom stereocenters. The number of carboxylic acids is 1. The van der Waals surface area contributed by atoms with E-state index < -0.39 is 17.9 Å². The van der Waals surface area contributed by atoms with Crippen molar-refractivity contribution in [2.45, 2.75) is 18.9 Å². The Bertz CT molecular complexity index is 833. The zero-order chi connectivity index (χ0) is 19.8. The summed E-state index contributed by atoms with van der Waals surface area (Å²) >= 11 is 5.99. The number of hydrogen-bond donors (Lipinski definition) is 4. The molecule has 0 heterocycles. The number of nitrogens with two attached hydrogens (primary N) is 2. The van der Waals surface area contributed by atoms with Gasteiger partial charge in [-0.1, -0.05) is 35.9 Å². The molecule has 2 rings (SSSR count). The van der Waals surface area contributed by atoms with Crippen molar-refractivity contribution in [3.05, 3.63) is 59.1 Å². The van der Waals surface area contributed by atoms with Crippen molar-refractivity contribution in [1.29, 1.82) is 0 Å². The van der Waals surface area contributed by atoms with E-state index in [0.717, 1.165) is 11.1 Å². The minimum Gasteiger partial charge on any atom is -0.480 e. The fraction of sp³-hybridized carbons (Fsp3) is 0.211. The summed E-state index contributed by atoms with van der Waals surface area (Å²) in [5.74, 6) is -1.61. The summed E-state index contributed by atoms with van der Waals surface area (Å²) in [5, 5.41) is 12.4. The molecule has 0 aliphatic carbocycles. The Morgan fingerprint density at radius 3 is 2.41 bits per heavy atom. The number of nitrogens with zero attached hydrogens (tertiary/aromatic N) is 1. The second-order valence-electron chi connectivity index (χ2n) is 5.90. The third-order valence-corrected chi connectivity index (χ3v) is 4.09. The molecule has 2 aromatic carbocycles. The van der Waals surface area contributed by atoms with Gasteiger partial charge in [0, 0.05) is 17.1 Å². The van der Waals surface area contributed by atoms with Crippen LogP contribution in [0.2, 0.25) is 5.02 Å². The average Bonchev–Trinajstić information content (AvgIpc) is 2.63. The topological polar surface area (TPSA) is 131 Å². The van der Waals surface area contributed by atoms with Crippen LogP contribution in [-0.4, -0.2) is 35.5 Å². The van der Waals surface area contributed by atoms with Crippen LogP contribution in [0.3, 0.4) is 0 Å². The smallest absolute Gasteiger partial charge is 0.326 e. The Morgan fingerprint density at radius 2 is 1.81 bits per heavy atom. The molecule has 0 aromatic heterocycles. The van der Waals surface area contributed by atoms with E-state index >= 15 is 0 Å². The maximum absolute atomic E-state index is 12.3. The van der Waals surface area contributed by atoms with Crippen molar-refractivity contribution in [3.8, 4) is 11.1 Å². The van der Waals surface area contributed by atoms with Crippen molar-refractivity contribution in [2.24, 2.45) is 16.5 Å². The number of benzene rings is 2. The lowest BCUT2D eigenvalue weighted by Gasteiger charge is -2.14. The summed E-state index contributed by atoms with van der Waals surface area (Å²) in [6, 6.07) is 13.2. The number of amides is 1. The zero-order valence-corrected chi connectivity index (χ0v) is 15.3. The number of rotatable bonds is 8. The molecule has 6 N–H and O–H groups in total. The second kappa shape index (κ2) is 9.59. The number of aliphatic carboxylic acids is 1. The molecule has 0 saturated carbocycles. The fourth-order valence-corrected chi connectivity index (χ4v) is 2.67. The number of carbonyl (C=O) groups is 2. The SMILES string of the molecule is NC(N)=NCCC[C@@H](NC(=O)c1ccc(-c2cccc(Cl)c2)cc1)C(=O)O. The lowest BCUT2D eigenvalue weighted by atomic mass is 10.0. The number of halogens is 1. The molecule has 142 valence electrons. The molecule has 0 fully saturated rings. The normalized spacial score (nSPS) is 11.4. The Balaban J connectivity index is 2.01. The van der Waals surface area contributed by atoms with Gasteiger partial charge >= 0.3 is 5.97 Å². The van der Waals surface area contributed by atoms with E-state index in [9.17, 15) is 14.7 Å². The fourth-order valence-electron chi connectivity index (χ4n) is 2.48. The average molecular weight is 389 g/mol. The van der Waals surface area contributed by atoms with Crippen LogP contribution >= 0.6 is 11.6 Å². The van der Waals surface area contributed by atoms with Crippen molar-refractivity contribution in [1.82, 2.24) is 5.32 Å². The summed E-state index contributed by atoms with van der Waals surface area (Å²) in [6.07, 6.45) is 0.654. The van der Waals surface area contributed by atoms with Crippen LogP contribution in [0.25, 0.3) is 11.1 Å². The number of carboxylic acid groups (broad SMARTS) is 1. The highest BCUT2D eigenvalue weighted by atomic mass is 35.5. The highest BCUT2D eigenvalue weighted by Crippen LogP contribution is 2.23. The number of hydrogen-bond acceptors (Lipinski definition) is 3. The number of aliphatic imine (C=N–C) groups is 1. The highest BCUT2D eigenvalue weighted by molar-refractivity contribution is 6.30. The van der Waals surface area contributed by atoms with Gasteiger partial charge in [-0.25, -0.2) is 4.79 Å². The molecule has 27 heavy (non-hydrogen) atoms. The largest absolute Gasteiger partial charge is 0.480 e. The maximum Gasteiger partial charge on any atom is 0.326 e. The van der Waals surface area contributed by atoms with E-state index in [2.05, 4.69) is 10.3 Å². The Morgan fingerprint density at radius 1 is 1.11 bits per heavy atom. The molecule has 7 nitrogen and oxygen atoms in total. The molecular weight excluding hydrogens is 368 g/mol. The van der Waals surface area contributed by atoms with Crippen LogP contribution in [0.15, 0.2) is 53.5 Å². The standard InChI is InChI=1S/C19H21ClN4O3/c20-15-4-1-3-14(11-15)12-6-8-13(9-7-12)17(25)24-16(18(26)27)5-2-10-23-19(21)22/h1,3-4,6-9,11,16H,2,5,10H2,(H,24,25)(H,26,27)(H4,21,22,23)/t16-/m1/s1. The quantitative estimate of drug-likeness (QED) is 0.313. The Labute approximate surface area is 162 Å². The van der Waals surface area contributed by atoms with Crippen molar-refractivity contribution < 1.29 is 14.7 Å². The summed E-state index contributed by atoms with van der Waals surface area (Å²) in [6.45, 7) is 0.302. The summed E-state index contributed by atoms with van der Waals surface area (Å²) < 4.78 is 0. The zero-order valence-electron chi connectivity index (χ0n) is 14.6. The Kier molecular flexibility index (Phi) is 7.19. The second-order valence-corrected chi connectivity index (χ2v) is 6.34. The van der Waals surface area contributed by atoms with Crippen molar-refractivity contribution >= 4 is 29.4 Å². The predicted molar refractivity (Wildman–Crippen MR) is 106 cm³/mol. The molecule has 1 amide bonds. The minimum absolute atomic E-state index is 0.0503. The van der Waals surface area contributed by atoms with E-state index in [4.69, 9.17) is 23.1 Å². The first-order valence-electron chi connectivity index (χ1n) is 8.32. The van der Waals surface area contributed by atoms with Crippen LogP contribution in [0.4, 0.5) is 0 Å². The van der Waals surface area contributed by atoms with E-state index in [0.29, 0.717) is 23.6 Å². The summed E-state index contributed by atoms with van der Waals surface area (Å²) in [7, 11) is 0. The van der Waals surface area contributed by atoms with Gasteiger partial charge in [-0.15, -0.1) is 0 Å². The molecule has 1 atom stereocenters. The number of nitrogens with one attached hydrogen (secondary N) is 1. The van der Waals surface area contributed by atoms with Gasteiger partial charge < -0.3 is 21.9 Å². The number of carbonyl (C=O) groups excluding carboxylic acids is 1. The van der Waals surface area contributed by atoms with Crippen LogP contribution in [0, 0.1) is 0 Å². The molecule has 8 heteroatoms. The van der Waals surface area contributed by atoms with Crippen LogP contribution in [0.1, 0.15) is 23.2 Å². The van der Waals surface area contributed by atoms with Gasteiger partial charge in [0.2, 0.25) is 0 Å². The maximum atomic E-state index is 12.3. The van der Waals surface area contributed by atoms with Crippen LogP contribution in [-0.2, 0) is 4.79 Å². The first kappa shape index (κ1) is 20.3. The third-order valence-electron chi connectivity index (χ3n) is 3.85. The minimum atomic E-state index is -1.11. The molecule has 2 aromatic rings. The molecule has 0 spiro atoms. The Hall–Kier alpha value is -3.06. The van der Waals surface area contributed by atoms with Crippen LogP contribution < -0.4 is 16.8 Å². The molecule has 0 bridgehead atoms. The van der Waals surface area contributed by atoms with Gasteiger partial charge in [-0.2, -0.15) is 0 Å². The number of guanidine groups is 1. The van der Waals surface area contributed by atoms with E-state index in [-0.39, 0.29) is 12.4 Å². The molecular formula is C19H21ClN4O3. The first-order valence-corrected chi connectivity index (χ1v) is 8.69. The van der Waals surface area contributed by atoms with E-state index in [1.54, 1.807) is 30.3 Å². The van der Waals surface area contributed by atoms with Gasteiger partial charge in [0.25, 0.3) is 5.91 Å². The first-order chi connectivity index (χ1) is 12.9. The van der Waals surface area contributed by atoms with Crippen molar-refractivity contribution in [2.75, 3.05) is 6.54 Å². The molecule has 0 aliphatic rings. The van der Waals surface area contributed by atoms with Gasteiger partial charge in [0.05, 0.1) is 0 Å². The predicted octanol–water partition coefficient (Wildman–Crippen LogP) is 2.24. The van der Waals surface area contributed by atoms with Gasteiger partial charge in [0.1, 0.15) is 6.04 Å². The lowest BCUT2D eigenvalue weighted by molar-refractivity contribution is -0.139. The van der Waals surface area contributed by atoms with Crippen molar-refractivity contribution in [3.63, 3.8) is 0 Å².